The second kappa shape index (κ2) is 2.21. The van der Waals surface area contributed by atoms with Crippen LogP contribution in [0.1, 0.15) is 19.8 Å². The van der Waals surface area contributed by atoms with Crippen LogP contribution in [0.25, 0.3) is 0 Å². The molecule has 2 saturated heterocycles. The minimum Gasteiger partial charge on any atom is -0.311 e. The lowest BCUT2D eigenvalue weighted by Gasteiger charge is -2.31. The first-order valence-corrected chi connectivity index (χ1v) is 4.28. The maximum atomic E-state index is 3.55. The smallest absolute Gasteiger partial charge is 0.0247 e. The highest BCUT2D eigenvalue weighted by molar-refractivity contribution is 5.02. The second-order valence-electron chi connectivity index (χ2n) is 3.55. The summed E-state index contributed by atoms with van der Waals surface area (Å²) in [6.07, 6.45) is 2.68. The second-order valence-corrected chi connectivity index (χ2v) is 3.55. The zero-order chi connectivity index (χ0) is 7.14. The average Bonchev–Trinajstić information content (AvgIpc) is 2.46. The van der Waals surface area contributed by atoms with E-state index in [9.17, 15) is 0 Å². The maximum absolute atomic E-state index is 3.55. The Kier molecular flexibility index (Phi) is 1.46. The third kappa shape index (κ3) is 0.722. The van der Waals surface area contributed by atoms with Crippen LogP contribution in [-0.4, -0.2) is 36.6 Å². The van der Waals surface area contributed by atoms with E-state index in [1.807, 2.05) is 0 Å². The summed E-state index contributed by atoms with van der Waals surface area (Å²) in [6, 6.07) is 2.47. The number of likely N-dealkylation sites (N-methyl/N-ethyl adjacent to an activating group) is 1. The van der Waals surface area contributed by atoms with Gasteiger partial charge in [-0.1, -0.05) is 6.92 Å². The van der Waals surface area contributed by atoms with Gasteiger partial charge in [0.1, 0.15) is 0 Å². The van der Waals surface area contributed by atoms with Gasteiger partial charge in [0.05, 0.1) is 0 Å². The third-order valence-electron chi connectivity index (χ3n) is 3.12. The van der Waals surface area contributed by atoms with Crippen molar-refractivity contribution in [3.63, 3.8) is 0 Å². The highest BCUT2D eigenvalue weighted by Crippen LogP contribution is 2.29. The fraction of sp³-hybridized carbons (Fsp3) is 1.00. The lowest BCUT2D eigenvalue weighted by atomic mass is 10.1. The molecule has 0 saturated carbocycles. The molecule has 2 unspecified atom stereocenters. The Morgan fingerprint density at radius 1 is 1.60 bits per heavy atom. The molecule has 2 aliphatic heterocycles. The molecular formula is C8H16N2. The van der Waals surface area contributed by atoms with Crippen LogP contribution in [0.15, 0.2) is 0 Å². The monoisotopic (exact) mass is 140 g/mol. The van der Waals surface area contributed by atoms with Crippen LogP contribution in [0.3, 0.4) is 0 Å². The van der Waals surface area contributed by atoms with Crippen molar-refractivity contribution in [1.82, 2.24) is 10.2 Å². The van der Waals surface area contributed by atoms with Crippen LogP contribution in [0.5, 0.6) is 0 Å². The Labute approximate surface area is 62.6 Å². The summed E-state index contributed by atoms with van der Waals surface area (Å²) in [6.45, 7) is 3.50. The van der Waals surface area contributed by atoms with Gasteiger partial charge >= 0.3 is 0 Å². The van der Waals surface area contributed by atoms with Gasteiger partial charge < -0.3 is 5.32 Å². The van der Waals surface area contributed by atoms with Crippen LogP contribution in [0.2, 0.25) is 0 Å². The van der Waals surface area contributed by atoms with Gasteiger partial charge in [-0.05, 0) is 19.9 Å². The van der Waals surface area contributed by atoms with E-state index in [0.717, 1.165) is 18.1 Å². The van der Waals surface area contributed by atoms with Crippen molar-refractivity contribution in [1.29, 1.82) is 0 Å². The SMILES string of the molecule is CC[C@@H]1C2CC(CN2)N1C. The highest BCUT2D eigenvalue weighted by atomic mass is 15.3. The molecule has 2 aliphatic rings. The molecule has 1 N–H and O–H groups in total. The summed E-state index contributed by atoms with van der Waals surface area (Å²) < 4.78 is 0. The van der Waals surface area contributed by atoms with Crippen LogP contribution >= 0.6 is 0 Å². The Morgan fingerprint density at radius 3 is 2.80 bits per heavy atom. The molecule has 2 heteroatoms. The zero-order valence-corrected chi connectivity index (χ0v) is 6.80. The number of hydrogen-bond acceptors (Lipinski definition) is 2. The first kappa shape index (κ1) is 6.62. The van der Waals surface area contributed by atoms with E-state index in [1.165, 1.54) is 19.4 Å². The van der Waals surface area contributed by atoms with Gasteiger partial charge in [0.15, 0.2) is 0 Å². The molecule has 2 rings (SSSR count). The summed E-state index contributed by atoms with van der Waals surface area (Å²) in [7, 11) is 2.26. The summed E-state index contributed by atoms with van der Waals surface area (Å²) in [5.41, 5.74) is 0. The molecule has 10 heavy (non-hydrogen) atoms. The average molecular weight is 140 g/mol. The first-order valence-electron chi connectivity index (χ1n) is 4.28. The molecule has 3 atom stereocenters. The molecule has 0 aromatic heterocycles. The number of likely N-dealkylation sites (tertiary alicyclic amines) is 1. The molecule has 2 fully saturated rings. The molecular weight excluding hydrogens is 124 g/mol. The van der Waals surface area contributed by atoms with Crippen LogP contribution in [-0.2, 0) is 0 Å². The number of piperazine rings is 1. The molecule has 0 aromatic rings. The predicted octanol–water partition coefficient (Wildman–Crippen LogP) is 0.441. The maximum Gasteiger partial charge on any atom is 0.0247 e. The van der Waals surface area contributed by atoms with Gasteiger partial charge in [0.2, 0.25) is 0 Å². The van der Waals surface area contributed by atoms with Crippen LogP contribution < -0.4 is 5.32 Å². The molecule has 0 spiro atoms. The third-order valence-corrected chi connectivity index (χ3v) is 3.12. The fourth-order valence-corrected chi connectivity index (χ4v) is 2.48. The first-order chi connectivity index (χ1) is 4.83. The minimum atomic E-state index is 0.806. The van der Waals surface area contributed by atoms with E-state index in [-0.39, 0.29) is 0 Å². The van der Waals surface area contributed by atoms with Crippen LogP contribution in [0, 0.1) is 0 Å². The minimum absolute atomic E-state index is 0.806. The summed E-state index contributed by atoms with van der Waals surface area (Å²) in [5, 5.41) is 3.55. The van der Waals surface area contributed by atoms with Crippen molar-refractivity contribution in [2.75, 3.05) is 13.6 Å². The van der Waals surface area contributed by atoms with E-state index in [1.54, 1.807) is 0 Å². The van der Waals surface area contributed by atoms with E-state index in [4.69, 9.17) is 0 Å². The molecule has 0 amide bonds. The Hall–Kier alpha value is -0.0800. The Bertz CT molecular complexity index is 133. The van der Waals surface area contributed by atoms with Crippen molar-refractivity contribution in [2.24, 2.45) is 0 Å². The van der Waals surface area contributed by atoms with Crippen LogP contribution in [0.4, 0.5) is 0 Å². The molecule has 58 valence electrons. The number of nitrogens with zero attached hydrogens (tertiary/aromatic N) is 1. The molecule has 0 aliphatic carbocycles. The van der Waals surface area contributed by atoms with Gasteiger partial charge in [-0.15, -0.1) is 0 Å². The van der Waals surface area contributed by atoms with E-state index in [0.29, 0.717) is 0 Å². The van der Waals surface area contributed by atoms with Gasteiger partial charge in [-0.3, -0.25) is 4.90 Å². The van der Waals surface area contributed by atoms with Crippen molar-refractivity contribution >= 4 is 0 Å². The summed E-state index contributed by atoms with van der Waals surface area (Å²) in [4.78, 5) is 2.54. The quantitative estimate of drug-likeness (QED) is 0.568. The van der Waals surface area contributed by atoms with E-state index >= 15 is 0 Å². The molecule has 0 radical (unpaired) electrons. The van der Waals surface area contributed by atoms with Gasteiger partial charge in [-0.2, -0.15) is 0 Å². The van der Waals surface area contributed by atoms with Crippen molar-refractivity contribution in [3.05, 3.63) is 0 Å². The zero-order valence-electron chi connectivity index (χ0n) is 6.80. The molecule has 2 heterocycles. The molecule has 0 aromatic carbocycles. The lowest BCUT2D eigenvalue weighted by Crippen LogP contribution is -2.48. The molecule has 2 nitrogen and oxygen atoms in total. The van der Waals surface area contributed by atoms with Gasteiger partial charge in [0, 0.05) is 24.7 Å². The van der Waals surface area contributed by atoms with Crippen molar-refractivity contribution < 1.29 is 0 Å². The summed E-state index contributed by atoms with van der Waals surface area (Å²) >= 11 is 0. The number of hydrogen-bond donors (Lipinski definition) is 1. The normalized spacial score (nSPS) is 46.8. The summed E-state index contributed by atoms with van der Waals surface area (Å²) in [5.74, 6) is 0. The Morgan fingerprint density at radius 2 is 2.40 bits per heavy atom. The van der Waals surface area contributed by atoms with E-state index in [2.05, 4.69) is 24.2 Å². The number of nitrogens with one attached hydrogen (secondary N) is 1. The van der Waals surface area contributed by atoms with Crippen molar-refractivity contribution in [2.45, 2.75) is 37.9 Å². The number of fused-ring (bicyclic) bond motifs is 2. The van der Waals surface area contributed by atoms with Crippen molar-refractivity contribution in [3.8, 4) is 0 Å². The van der Waals surface area contributed by atoms with Gasteiger partial charge in [-0.25, -0.2) is 0 Å². The fourth-order valence-electron chi connectivity index (χ4n) is 2.48. The lowest BCUT2D eigenvalue weighted by molar-refractivity contribution is 0.188. The Balaban J connectivity index is 2.10. The number of rotatable bonds is 1. The largest absolute Gasteiger partial charge is 0.311 e. The topological polar surface area (TPSA) is 15.3 Å². The highest BCUT2D eigenvalue weighted by Gasteiger charge is 2.42. The predicted molar refractivity (Wildman–Crippen MR) is 42.0 cm³/mol. The van der Waals surface area contributed by atoms with Gasteiger partial charge in [0.25, 0.3) is 0 Å². The molecule has 2 bridgehead atoms. The van der Waals surface area contributed by atoms with E-state index < -0.39 is 0 Å². The standard InChI is InChI=1S/C8H16N2/c1-3-8-7-4-6(5-9-7)10(8)2/h6-9H,3-5H2,1-2H3/t6?,7?,8-/m1/s1.